The van der Waals surface area contributed by atoms with Crippen LogP contribution in [0.1, 0.15) is 25.7 Å². The van der Waals surface area contributed by atoms with E-state index >= 15 is 0 Å². The second-order valence-corrected chi connectivity index (χ2v) is 7.93. The molecule has 0 atom stereocenters. The molecule has 0 nitrogen and oxygen atoms in total. The average Bonchev–Trinajstić information content (AvgIpc) is 2.54. The lowest BCUT2D eigenvalue weighted by Gasteiger charge is -2.34. The van der Waals surface area contributed by atoms with Crippen LogP contribution in [-0.2, 0) is 0 Å². The minimum atomic E-state index is -0.366. The van der Waals surface area contributed by atoms with Crippen LogP contribution in [0.2, 0.25) is 0 Å². The van der Waals surface area contributed by atoms with Crippen LogP contribution in [0.3, 0.4) is 0 Å². The van der Waals surface area contributed by atoms with Crippen molar-refractivity contribution in [3.63, 3.8) is 0 Å². The Morgan fingerprint density at radius 1 is 0.667 bits per heavy atom. The van der Waals surface area contributed by atoms with Gasteiger partial charge in [-0.2, -0.15) is 0 Å². The molecular weight excluding hydrogens is 271 g/mol. The van der Waals surface area contributed by atoms with Crippen LogP contribution in [0.5, 0.6) is 0 Å². The van der Waals surface area contributed by atoms with Crippen LogP contribution in [-0.4, -0.2) is 0 Å². The van der Waals surface area contributed by atoms with Gasteiger partial charge in [-0.15, -0.1) is 0 Å². The highest BCUT2D eigenvalue weighted by atomic mass is 31.1. The van der Waals surface area contributed by atoms with Crippen LogP contribution in [0.4, 0.5) is 0 Å². The maximum Gasteiger partial charge on any atom is -0.0114 e. The standard InChI is InChI=1S/C20H19P/c1-3-10-17(11-4-1)21(18-12-5-2-6-13-18)20-15-16-9-7-8-14-19(16)20/h1-6,10-13,15H,7-9,14H2. The fourth-order valence-electron chi connectivity index (χ4n) is 3.34. The first-order chi connectivity index (χ1) is 10.4. The Morgan fingerprint density at radius 3 is 1.81 bits per heavy atom. The minimum Gasteiger partial charge on any atom is -0.0622 e. The summed E-state index contributed by atoms with van der Waals surface area (Å²) in [5, 5.41) is 4.57. The highest BCUT2D eigenvalue weighted by molar-refractivity contribution is 7.77. The lowest BCUT2D eigenvalue weighted by molar-refractivity contribution is 0.668. The zero-order valence-corrected chi connectivity index (χ0v) is 13.0. The molecule has 2 aliphatic carbocycles. The molecule has 104 valence electrons. The van der Waals surface area contributed by atoms with Crippen molar-refractivity contribution in [2.24, 2.45) is 0 Å². The Kier molecular flexibility index (Phi) is 3.49. The zero-order valence-electron chi connectivity index (χ0n) is 12.1. The van der Waals surface area contributed by atoms with E-state index in [1.165, 1.54) is 36.3 Å². The van der Waals surface area contributed by atoms with E-state index in [0.29, 0.717) is 0 Å². The Labute approximate surface area is 128 Å². The first-order valence-corrected chi connectivity index (χ1v) is 9.12. The van der Waals surface area contributed by atoms with Crippen LogP contribution in [0.25, 0.3) is 0 Å². The smallest absolute Gasteiger partial charge is 0.0114 e. The maximum atomic E-state index is 2.49. The highest BCUT2D eigenvalue weighted by Gasteiger charge is 2.29. The molecule has 1 heteroatoms. The van der Waals surface area contributed by atoms with Crippen molar-refractivity contribution in [3.8, 4) is 0 Å². The molecule has 0 saturated heterocycles. The zero-order chi connectivity index (χ0) is 14.1. The van der Waals surface area contributed by atoms with Gasteiger partial charge in [0.15, 0.2) is 0 Å². The van der Waals surface area contributed by atoms with Gasteiger partial charge in [-0.05, 0) is 60.7 Å². The molecule has 21 heavy (non-hydrogen) atoms. The van der Waals surface area contributed by atoms with Gasteiger partial charge in [-0.25, -0.2) is 0 Å². The number of allylic oxidation sites excluding steroid dienone is 4. The van der Waals surface area contributed by atoms with Crippen molar-refractivity contribution < 1.29 is 0 Å². The molecule has 2 aliphatic rings. The lowest BCUT2D eigenvalue weighted by atomic mass is 9.83. The van der Waals surface area contributed by atoms with Crippen molar-refractivity contribution in [1.29, 1.82) is 0 Å². The number of hydrogen-bond acceptors (Lipinski definition) is 0. The normalized spacial score (nSPS) is 17.3. The third-order valence-corrected chi connectivity index (χ3v) is 6.91. The summed E-state index contributed by atoms with van der Waals surface area (Å²) in [6, 6.07) is 22.1. The van der Waals surface area contributed by atoms with Gasteiger partial charge in [-0.1, -0.05) is 66.7 Å². The van der Waals surface area contributed by atoms with Crippen molar-refractivity contribution in [2.45, 2.75) is 25.7 Å². The molecule has 0 bridgehead atoms. The van der Waals surface area contributed by atoms with E-state index in [0.717, 1.165) is 0 Å². The number of rotatable bonds is 3. The minimum absolute atomic E-state index is 0.366. The Balaban J connectivity index is 1.79. The molecule has 1 fully saturated rings. The molecule has 0 heterocycles. The molecule has 0 unspecified atom stereocenters. The summed E-state index contributed by atoms with van der Waals surface area (Å²) < 4.78 is 0. The predicted molar refractivity (Wildman–Crippen MR) is 92.6 cm³/mol. The lowest BCUT2D eigenvalue weighted by Crippen LogP contribution is -2.18. The maximum absolute atomic E-state index is 2.49. The largest absolute Gasteiger partial charge is 0.0622 e. The molecular formula is C20H19P. The summed E-state index contributed by atoms with van der Waals surface area (Å²) in [5.41, 5.74) is 3.32. The molecule has 1 saturated carbocycles. The summed E-state index contributed by atoms with van der Waals surface area (Å²) >= 11 is 0. The summed E-state index contributed by atoms with van der Waals surface area (Å²) in [5.74, 6) is 0. The van der Waals surface area contributed by atoms with Crippen molar-refractivity contribution in [1.82, 2.24) is 0 Å². The molecule has 0 spiro atoms. The second-order valence-electron chi connectivity index (χ2n) is 5.75. The Hall–Kier alpha value is -1.65. The van der Waals surface area contributed by atoms with Crippen LogP contribution < -0.4 is 10.6 Å². The fourth-order valence-corrected chi connectivity index (χ4v) is 5.94. The SMILES string of the molecule is C1=C2CCCCC2=C1P(c1ccccc1)c1ccccc1. The average molecular weight is 290 g/mol. The highest BCUT2D eigenvalue weighted by Crippen LogP contribution is 2.54. The molecule has 0 aromatic heterocycles. The van der Waals surface area contributed by atoms with Gasteiger partial charge in [-0.3, -0.25) is 0 Å². The fraction of sp³-hybridized carbons (Fsp3) is 0.200. The molecule has 0 N–H and O–H groups in total. The summed E-state index contributed by atoms with van der Waals surface area (Å²) in [6.45, 7) is 0. The Morgan fingerprint density at radius 2 is 1.24 bits per heavy atom. The summed E-state index contributed by atoms with van der Waals surface area (Å²) in [6.07, 6.45) is 7.81. The molecule has 0 radical (unpaired) electrons. The van der Waals surface area contributed by atoms with Gasteiger partial charge in [0.2, 0.25) is 0 Å². The van der Waals surface area contributed by atoms with Gasteiger partial charge in [0, 0.05) is 0 Å². The van der Waals surface area contributed by atoms with Crippen molar-refractivity contribution in [3.05, 3.63) is 83.2 Å². The second kappa shape index (κ2) is 5.62. The Bertz CT molecular complexity index is 656. The van der Waals surface area contributed by atoms with Crippen LogP contribution in [0, 0.1) is 0 Å². The van der Waals surface area contributed by atoms with E-state index in [2.05, 4.69) is 66.7 Å². The van der Waals surface area contributed by atoms with E-state index in [1.807, 2.05) is 0 Å². The van der Waals surface area contributed by atoms with Gasteiger partial charge in [0.25, 0.3) is 0 Å². The molecule has 0 aliphatic heterocycles. The van der Waals surface area contributed by atoms with Gasteiger partial charge < -0.3 is 0 Å². The first kappa shape index (κ1) is 13.0. The molecule has 4 rings (SSSR count). The quantitative estimate of drug-likeness (QED) is 0.706. The monoisotopic (exact) mass is 290 g/mol. The molecule has 2 aromatic rings. The van der Waals surface area contributed by atoms with Gasteiger partial charge in [0.05, 0.1) is 0 Å². The van der Waals surface area contributed by atoms with Crippen molar-refractivity contribution >= 4 is 18.5 Å². The van der Waals surface area contributed by atoms with Gasteiger partial charge in [0.1, 0.15) is 0 Å². The predicted octanol–water partition coefficient (Wildman–Crippen LogP) is 4.89. The van der Waals surface area contributed by atoms with Crippen LogP contribution >= 0.6 is 7.92 Å². The third kappa shape index (κ3) is 2.39. The number of fused-ring (bicyclic) bond motifs is 1. The number of benzene rings is 2. The third-order valence-electron chi connectivity index (χ3n) is 4.40. The van der Waals surface area contributed by atoms with E-state index in [9.17, 15) is 0 Å². The van der Waals surface area contributed by atoms with Gasteiger partial charge >= 0.3 is 0 Å². The summed E-state index contributed by atoms with van der Waals surface area (Å²) in [7, 11) is -0.366. The van der Waals surface area contributed by atoms with E-state index in [4.69, 9.17) is 0 Å². The topological polar surface area (TPSA) is 0 Å². The summed E-state index contributed by atoms with van der Waals surface area (Å²) in [4.78, 5) is 0. The first-order valence-electron chi connectivity index (χ1n) is 7.78. The molecule has 0 amide bonds. The van der Waals surface area contributed by atoms with E-state index in [-0.39, 0.29) is 7.92 Å². The number of hydrogen-bond donors (Lipinski definition) is 0. The molecule has 2 aromatic carbocycles. The van der Waals surface area contributed by atoms with Crippen molar-refractivity contribution in [2.75, 3.05) is 0 Å². The van der Waals surface area contributed by atoms with Crippen LogP contribution in [0.15, 0.2) is 83.2 Å². The van der Waals surface area contributed by atoms with E-state index in [1.54, 1.807) is 16.5 Å². The van der Waals surface area contributed by atoms with E-state index < -0.39 is 0 Å².